The van der Waals surface area contributed by atoms with Crippen molar-refractivity contribution in [3.8, 4) is 0 Å². The number of esters is 2. The van der Waals surface area contributed by atoms with Crippen LogP contribution in [0.15, 0.2) is 0 Å². The highest BCUT2D eigenvalue weighted by molar-refractivity contribution is 5.70. The Balaban J connectivity index is 3.60. The first-order valence-corrected chi connectivity index (χ1v) is 15.3. The quantitative estimate of drug-likeness (QED) is 0.0928. The van der Waals surface area contributed by atoms with Gasteiger partial charge in [0.05, 0.1) is 6.61 Å². The highest BCUT2D eigenvalue weighted by Gasteiger charge is 2.16. The van der Waals surface area contributed by atoms with Gasteiger partial charge in [0.1, 0.15) is 6.61 Å². The molecule has 5 heteroatoms. The molecule has 5 nitrogen and oxygen atoms in total. The lowest BCUT2D eigenvalue weighted by atomic mass is 10.00. The highest BCUT2D eigenvalue weighted by Crippen LogP contribution is 2.15. The molecular formula is C31H60O5. The van der Waals surface area contributed by atoms with E-state index in [2.05, 4.69) is 27.7 Å². The Morgan fingerprint density at radius 2 is 1.08 bits per heavy atom. The Hall–Kier alpha value is -1.10. The Morgan fingerprint density at radius 3 is 1.56 bits per heavy atom. The predicted molar refractivity (Wildman–Crippen MR) is 150 cm³/mol. The molecule has 0 heterocycles. The second-order valence-electron chi connectivity index (χ2n) is 11.3. The maximum atomic E-state index is 12.0. The van der Waals surface area contributed by atoms with E-state index in [9.17, 15) is 14.7 Å². The molecule has 0 bridgehead atoms. The fourth-order valence-electron chi connectivity index (χ4n) is 4.36. The summed E-state index contributed by atoms with van der Waals surface area (Å²) < 4.78 is 10.5. The fraction of sp³-hybridized carbons (Fsp3) is 0.935. The Kier molecular flexibility index (Phi) is 24.8. The van der Waals surface area contributed by atoms with Crippen molar-refractivity contribution in [3.63, 3.8) is 0 Å². The molecule has 1 unspecified atom stereocenters. The van der Waals surface area contributed by atoms with E-state index >= 15 is 0 Å². The average Bonchev–Trinajstić information content (AvgIpc) is 2.86. The van der Waals surface area contributed by atoms with Gasteiger partial charge in [-0.1, -0.05) is 130 Å². The first-order valence-electron chi connectivity index (χ1n) is 15.3. The number of aliphatic hydroxyl groups is 1. The third-order valence-corrected chi connectivity index (χ3v) is 7.12. The lowest BCUT2D eigenvalue weighted by Crippen LogP contribution is -2.28. The normalized spacial score (nSPS) is 13.1. The molecule has 0 aromatic heterocycles. The number of carbonyl (C=O) groups is 2. The van der Waals surface area contributed by atoms with Crippen molar-refractivity contribution in [2.24, 2.45) is 11.8 Å². The molecule has 0 aromatic rings. The summed E-state index contributed by atoms with van der Waals surface area (Å²) in [5, 5.41) is 9.46. The van der Waals surface area contributed by atoms with Crippen LogP contribution in [0.4, 0.5) is 0 Å². The van der Waals surface area contributed by atoms with Crippen LogP contribution < -0.4 is 0 Å². The van der Waals surface area contributed by atoms with Gasteiger partial charge in [0.15, 0.2) is 6.10 Å². The second-order valence-corrected chi connectivity index (χ2v) is 11.3. The van der Waals surface area contributed by atoms with Crippen molar-refractivity contribution >= 4 is 11.9 Å². The van der Waals surface area contributed by atoms with Gasteiger partial charge in [-0.3, -0.25) is 9.59 Å². The Morgan fingerprint density at radius 1 is 0.639 bits per heavy atom. The molecule has 0 aliphatic rings. The summed E-state index contributed by atoms with van der Waals surface area (Å²) in [7, 11) is 0. The van der Waals surface area contributed by atoms with E-state index in [1.54, 1.807) is 0 Å². The second kappa shape index (κ2) is 25.5. The van der Waals surface area contributed by atoms with E-state index in [4.69, 9.17) is 9.47 Å². The van der Waals surface area contributed by atoms with Gasteiger partial charge >= 0.3 is 11.9 Å². The molecule has 0 aliphatic heterocycles. The molecule has 0 fully saturated rings. The third-order valence-electron chi connectivity index (χ3n) is 7.12. The van der Waals surface area contributed by atoms with Crippen molar-refractivity contribution in [1.82, 2.24) is 0 Å². The molecule has 0 saturated carbocycles. The lowest BCUT2D eigenvalue weighted by Gasteiger charge is -2.15. The number of ether oxygens (including phenoxy) is 2. The van der Waals surface area contributed by atoms with Crippen LogP contribution in [0.5, 0.6) is 0 Å². The van der Waals surface area contributed by atoms with Crippen LogP contribution >= 0.6 is 0 Å². The summed E-state index contributed by atoms with van der Waals surface area (Å²) in [5.74, 6) is 1.05. The highest BCUT2D eigenvalue weighted by atomic mass is 16.6. The number of aliphatic hydroxyl groups excluding tert-OH is 1. The summed E-state index contributed by atoms with van der Waals surface area (Å²) >= 11 is 0. The van der Waals surface area contributed by atoms with Gasteiger partial charge < -0.3 is 14.6 Å². The number of carbonyl (C=O) groups excluding carboxylic acids is 2. The van der Waals surface area contributed by atoms with Gasteiger partial charge in [-0.2, -0.15) is 0 Å². The summed E-state index contributed by atoms with van der Waals surface area (Å²) in [6.07, 6.45) is 21.6. The number of hydrogen-bond donors (Lipinski definition) is 1. The lowest BCUT2D eigenvalue weighted by molar-refractivity contribution is -0.161. The van der Waals surface area contributed by atoms with Crippen LogP contribution in [0.25, 0.3) is 0 Å². The minimum absolute atomic E-state index is 0.0614. The first-order chi connectivity index (χ1) is 17.4. The van der Waals surface area contributed by atoms with Crippen LogP contribution in [0.3, 0.4) is 0 Å². The molecule has 0 saturated heterocycles. The molecule has 36 heavy (non-hydrogen) atoms. The first kappa shape index (κ1) is 34.9. The van der Waals surface area contributed by atoms with Crippen molar-refractivity contribution in [1.29, 1.82) is 0 Å². The van der Waals surface area contributed by atoms with Crippen LogP contribution in [0, 0.1) is 11.8 Å². The van der Waals surface area contributed by atoms with E-state index in [-0.39, 0.29) is 25.2 Å². The molecule has 0 aliphatic carbocycles. The maximum absolute atomic E-state index is 12.0. The van der Waals surface area contributed by atoms with Crippen molar-refractivity contribution in [2.45, 2.75) is 162 Å². The van der Waals surface area contributed by atoms with Gasteiger partial charge in [-0.05, 0) is 24.7 Å². The van der Waals surface area contributed by atoms with Crippen LogP contribution in [0.2, 0.25) is 0 Å². The zero-order valence-corrected chi connectivity index (χ0v) is 24.4. The van der Waals surface area contributed by atoms with Crippen molar-refractivity contribution in [3.05, 3.63) is 0 Å². The third kappa shape index (κ3) is 24.6. The van der Waals surface area contributed by atoms with Crippen LogP contribution in [-0.2, 0) is 19.1 Å². The monoisotopic (exact) mass is 512 g/mol. The number of unbranched alkanes of at least 4 members (excludes halogenated alkanes) is 13. The summed E-state index contributed by atoms with van der Waals surface area (Å²) in [6.45, 7) is 8.74. The van der Waals surface area contributed by atoms with Crippen LogP contribution in [0.1, 0.15) is 156 Å². The van der Waals surface area contributed by atoms with E-state index < -0.39 is 6.10 Å². The largest absolute Gasteiger partial charge is 0.462 e. The van der Waals surface area contributed by atoms with Gasteiger partial charge in [0.25, 0.3) is 0 Å². The topological polar surface area (TPSA) is 72.8 Å². The Bertz CT molecular complexity index is 505. The number of rotatable bonds is 26. The smallest absolute Gasteiger partial charge is 0.306 e. The molecule has 1 N–H and O–H groups in total. The Labute approximate surface area is 223 Å². The average molecular weight is 513 g/mol. The van der Waals surface area contributed by atoms with E-state index in [0.717, 1.165) is 50.4 Å². The van der Waals surface area contributed by atoms with Gasteiger partial charge in [0, 0.05) is 12.8 Å². The van der Waals surface area contributed by atoms with Crippen LogP contribution in [-0.4, -0.2) is 36.4 Å². The maximum Gasteiger partial charge on any atom is 0.306 e. The van der Waals surface area contributed by atoms with Crippen molar-refractivity contribution < 1.29 is 24.2 Å². The summed E-state index contributed by atoms with van der Waals surface area (Å²) in [5.41, 5.74) is 0. The molecule has 0 spiro atoms. The zero-order valence-electron chi connectivity index (χ0n) is 24.4. The molecule has 0 rings (SSSR count). The van der Waals surface area contributed by atoms with E-state index in [1.807, 2.05) is 0 Å². The summed E-state index contributed by atoms with van der Waals surface area (Å²) in [4.78, 5) is 24.0. The summed E-state index contributed by atoms with van der Waals surface area (Å²) in [6, 6.07) is 0. The van der Waals surface area contributed by atoms with E-state index in [1.165, 1.54) is 77.0 Å². The molecule has 214 valence electrons. The fourth-order valence-corrected chi connectivity index (χ4v) is 4.36. The standard InChI is InChI=1S/C31H60O5/c1-5-28(4)22-18-14-11-12-16-20-24-31(34)36-29(25-32)26-35-30(33)23-19-15-10-8-6-7-9-13-17-21-27(2)3/h27-29,32H,5-26H2,1-4H3/t28?,29-/m0/s1. The molecular weight excluding hydrogens is 452 g/mol. The minimum atomic E-state index is -0.762. The van der Waals surface area contributed by atoms with Gasteiger partial charge in [-0.15, -0.1) is 0 Å². The predicted octanol–water partition coefficient (Wildman–Crippen LogP) is 8.55. The SMILES string of the molecule is CCC(C)CCCCCCCCC(=O)O[C@@H](CO)COC(=O)CCCCCCCCCCCC(C)C. The molecule has 0 amide bonds. The van der Waals surface area contributed by atoms with Crippen molar-refractivity contribution in [2.75, 3.05) is 13.2 Å². The molecule has 0 radical (unpaired) electrons. The molecule has 0 aromatic carbocycles. The van der Waals surface area contributed by atoms with Gasteiger partial charge in [0.2, 0.25) is 0 Å². The molecule has 2 atom stereocenters. The van der Waals surface area contributed by atoms with E-state index in [0.29, 0.717) is 12.8 Å². The minimum Gasteiger partial charge on any atom is -0.462 e. The van der Waals surface area contributed by atoms with Gasteiger partial charge in [-0.25, -0.2) is 0 Å². The number of hydrogen-bond acceptors (Lipinski definition) is 5. The zero-order chi connectivity index (χ0) is 26.9.